The van der Waals surface area contributed by atoms with Crippen LogP contribution in [0.1, 0.15) is 5.56 Å². The molecule has 2 rings (SSSR count). The molecule has 106 valence electrons. The Balaban J connectivity index is 1.77. The van der Waals surface area contributed by atoms with Crippen molar-refractivity contribution in [2.24, 2.45) is 0 Å². The van der Waals surface area contributed by atoms with Gasteiger partial charge in [-0.15, -0.1) is 0 Å². The number of quaternary nitrogens is 1. The van der Waals surface area contributed by atoms with E-state index in [1.165, 1.54) is 4.90 Å². The van der Waals surface area contributed by atoms with Crippen molar-refractivity contribution in [3.8, 4) is 5.75 Å². The van der Waals surface area contributed by atoms with Crippen LogP contribution < -0.4 is 9.64 Å². The van der Waals surface area contributed by atoms with Crippen LogP contribution in [0.4, 0.5) is 0 Å². The standard InChI is InChI=1S/C14H20ClNO3/c1-11-8-12(15)2-3-14(11)19-10-13(17)9-16-4-6-18-7-5-16/h2-3,8,13,17H,4-7,9-10H2,1H3/p+1/t13-/m0/s1. The van der Waals surface area contributed by atoms with Gasteiger partial charge in [0.25, 0.3) is 0 Å². The first-order valence-corrected chi connectivity index (χ1v) is 7.01. The molecule has 19 heavy (non-hydrogen) atoms. The third-order valence-electron chi connectivity index (χ3n) is 3.29. The van der Waals surface area contributed by atoms with Gasteiger partial charge in [0.2, 0.25) is 0 Å². The Hall–Kier alpha value is -0.810. The molecule has 0 aromatic heterocycles. The van der Waals surface area contributed by atoms with Gasteiger partial charge in [-0.25, -0.2) is 0 Å². The van der Waals surface area contributed by atoms with E-state index in [1.807, 2.05) is 19.1 Å². The predicted molar refractivity (Wildman–Crippen MR) is 74.1 cm³/mol. The fraction of sp³-hybridized carbons (Fsp3) is 0.571. The molecule has 1 aliphatic rings. The Kier molecular flexibility index (Phi) is 5.45. The van der Waals surface area contributed by atoms with Gasteiger partial charge in [-0.1, -0.05) is 11.6 Å². The second kappa shape index (κ2) is 7.10. The maximum Gasteiger partial charge on any atom is 0.137 e. The average Bonchev–Trinajstić information content (AvgIpc) is 2.39. The van der Waals surface area contributed by atoms with E-state index in [9.17, 15) is 5.11 Å². The molecular weight excluding hydrogens is 266 g/mol. The smallest absolute Gasteiger partial charge is 0.137 e. The van der Waals surface area contributed by atoms with Gasteiger partial charge in [0.1, 0.15) is 38.1 Å². The summed E-state index contributed by atoms with van der Waals surface area (Å²) in [6.45, 7) is 6.43. The number of rotatable bonds is 5. The number of aryl methyl sites for hydroxylation is 1. The van der Waals surface area contributed by atoms with E-state index in [4.69, 9.17) is 21.1 Å². The first kappa shape index (κ1) is 14.6. The van der Waals surface area contributed by atoms with Gasteiger partial charge in [0.05, 0.1) is 13.2 Å². The highest BCUT2D eigenvalue weighted by molar-refractivity contribution is 6.30. The van der Waals surface area contributed by atoms with Crippen LogP contribution >= 0.6 is 11.6 Å². The van der Waals surface area contributed by atoms with Crippen molar-refractivity contribution in [2.45, 2.75) is 13.0 Å². The number of halogens is 1. The Labute approximate surface area is 118 Å². The molecule has 0 spiro atoms. The number of hydrogen-bond acceptors (Lipinski definition) is 3. The molecule has 0 amide bonds. The molecule has 5 heteroatoms. The van der Waals surface area contributed by atoms with Crippen LogP contribution in [0.3, 0.4) is 0 Å². The van der Waals surface area contributed by atoms with Gasteiger partial charge in [-0.3, -0.25) is 0 Å². The number of aliphatic hydroxyl groups excluding tert-OH is 1. The molecule has 0 saturated carbocycles. The normalized spacial score (nSPS) is 18.3. The summed E-state index contributed by atoms with van der Waals surface area (Å²) in [7, 11) is 0. The summed E-state index contributed by atoms with van der Waals surface area (Å²) >= 11 is 5.89. The zero-order valence-corrected chi connectivity index (χ0v) is 11.9. The van der Waals surface area contributed by atoms with Crippen LogP contribution in [0, 0.1) is 6.92 Å². The van der Waals surface area contributed by atoms with Gasteiger partial charge in [0.15, 0.2) is 0 Å². The van der Waals surface area contributed by atoms with E-state index in [1.54, 1.807) is 6.07 Å². The molecule has 1 saturated heterocycles. The van der Waals surface area contributed by atoms with Crippen molar-refractivity contribution >= 4 is 11.6 Å². The van der Waals surface area contributed by atoms with Crippen LogP contribution in [0.25, 0.3) is 0 Å². The molecule has 1 aromatic rings. The van der Waals surface area contributed by atoms with E-state index in [0.717, 1.165) is 37.6 Å². The summed E-state index contributed by atoms with van der Waals surface area (Å²) in [4.78, 5) is 1.37. The summed E-state index contributed by atoms with van der Waals surface area (Å²) in [6, 6.07) is 5.49. The van der Waals surface area contributed by atoms with Crippen LogP contribution in [-0.4, -0.2) is 50.7 Å². The molecule has 0 radical (unpaired) electrons. The van der Waals surface area contributed by atoms with Crippen molar-refractivity contribution in [1.29, 1.82) is 0 Å². The average molecular weight is 287 g/mol. The number of morpholine rings is 1. The van der Waals surface area contributed by atoms with Gasteiger partial charge in [-0.05, 0) is 30.7 Å². The maximum absolute atomic E-state index is 10.00. The molecule has 1 atom stereocenters. The highest BCUT2D eigenvalue weighted by atomic mass is 35.5. The van der Waals surface area contributed by atoms with E-state index in [0.29, 0.717) is 18.2 Å². The Morgan fingerprint density at radius 3 is 2.84 bits per heavy atom. The largest absolute Gasteiger partial charge is 0.490 e. The lowest BCUT2D eigenvalue weighted by Gasteiger charge is -2.25. The summed E-state index contributed by atoms with van der Waals surface area (Å²) < 4.78 is 10.9. The van der Waals surface area contributed by atoms with Crippen molar-refractivity contribution in [2.75, 3.05) is 39.5 Å². The molecule has 0 bridgehead atoms. The first-order valence-electron chi connectivity index (χ1n) is 6.63. The van der Waals surface area contributed by atoms with E-state index in [2.05, 4.69) is 0 Å². The third-order valence-corrected chi connectivity index (χ3v) is 3.53. The predicted octanol–water partition coefficient (Wildman–Crippen LogP) is 0.303. The van der Waals surface area contributed by atoms with Crippen molar-refractivity contribution < 1.29 is 19.5 Å². The summed E-state index contributed by atoms with van der Waals surface area (Å²) in [5.41, 5.74) is 0.985. The highest BCUT2D eigenvalue weighted by Crippen LogP contribution is 2.21. The minimum Gasteiger partial charge on any atom is -0.490 e. The summed E-state index contributed by atoms with van der Waals surface area (Å²) in [6.07, 6.45) is -0.455. The Morgan fingerprint density at radius 1 is 1.42 bits per heavy atom. The number of hydrogen-bond donors (Lipinski definition) is 2. The zero-order chi connectivity index (χ0) is 13.7. The van der Waals surface area contributed by atoms with Gasteiger partial charge in [0, 0.05) is 5.02 Å². The second-order valence-electron chi connectivity index (χ2n) is 4.94. The lowest BCUT2D eigenvalue weighted by molar-refractivity contribution is -0.911. The summed E-state index contributed by atoms with van der Waals surface area (Å²) in [5.74, 6) is 0.778. The second-order valence-corrected chi connectivity index (χ2v) is 5.38. The van der Waals surface area contributed by atoms with Gasteiger partial charge >= 0.3 is 0 Å². The van der Waals surface area contributed by atoms with Gasteiger partial charge < -0.3 is 19.5 Å². The molecular formula is C14H21ClNO3+. The molecule has 0 aliphatic carbocycles. The molecule has 4 nitrogen and oxygen atoms in total. The summed E-state index contributed by atoms with van der Waals surface area (Å²) in [5, 5.41) is 10.7. The Morgan fingerprint density at radius 2 is 2.16 bits per heavy atom. The minimum atomic E-state index is -0.455. The molecule has 0 unspecified atom stereocenters. The first-order chi connectivity index (χ1) is 9.15. The molecule has 1 fully saturated rings. The van der Waals surface area contributed by atoms with Crippen molar-refractivity contribution in [3.63, 3.8) is 0 Å². The minimum absolute atomic E-state index is 0.312. The monoisotopic (exact) mass is 286 g/mol. The highest BCUT2D eigenvalue weighted by Gasteiger charge is 2.18. The molecule has 1 aromatic carbocycles. The SMILES string of the molecule is Cc1cc(Cl)ccc1OC[C@@H](O)C[NH+]1CCOCC1. The van der Waals surface area contributed by atoms with Crippen LogP contribution in [0.15, 0.2) is 18.2 Å². The Bertz CT molecular complexity index is 408. The van der Waals surface area contributed by atoms with E-state index < -0.39 is 6.10 Å². The lowest BCUT2D eigenvalue weighted by atomic mass is 10.2. The van der Waals surface area contributed by atoms with E-state index in [-0.39, 0.29) is 0 Å². The van der Waals surface area contributed by atoms with E-state index >= 15 is 0 Å². The number of ether oxygens (including phenoxy) is 2. The van der Waals surface area contributed by atoms with Crippen molar-refractivity contribution in [1.82, 2.24) is 0 Å². The third kappa shape index (κ3) is 4.66. The van der Waals surface area contributed by atoms with Crippen molar-refractivity contribution in [3.05, 3.63) is 28.8 Å². The topological polar surface area (TPSA) is 43.1 Å². The zero-order valence-electron chi connectivity index (χ0n) is 11.2. The molecule has 2 N–H and O–H groups in total. The van der Waals surface area contributed by atoms with Gasteiger partial charge in [-0.2, -0.15) is 0 Å². The molecule has 1 aliphatic heterocycles. The fourth-order valence-electron chi connectivity index (χ4n) is 2.22. The quantitative estimate of drug-likeness (QED) is 0.818. The maximum atomic E-state index is 10.00. The number of nitrogens with one attached hydrogen (secondary N) is 1. The fourth-order valence-corrected chi connectivity index (χ4v) is 2.44. The number of aliphatic hydroxyl groups is 1. The lowest BCUT2D eigenvalue weighted by Crippen LogP contribution is -3.15. The van der Waals surface area contributed by atoms with Crippen LogP contribution in [-0.2, 0) is 4.74 Å². The molecule has 1 heterocycles. The van der Waals surface area contributed by atoms with Crippen LogP contribution in [0.2, 0.25) is 5.02 Å². The van der Waals surface area contributed by atoms with Crippen LogP contribution in [0.5, 0.6) is 5.75 Å². The number of benzene rings is 1.